The molecule has 1 saturated carbocycles. The minimum absolute atomic E-state index is 0.0500. The maximum atomic E-state index is 13.6. The maximum absolute atomic E-state index is 13.6. The summed E-state index contributed by atoms with van der Waals surface area (Å²) in [4.78, 5) is 0.739. The predicted molar refractivity (Wildman–Crippen MR) is 138 cm³/mol. The first-order chi connectivity index (χ1) is 16.7. The zero-order valence-electron chi connectivity index (χ0n) is 19.5. The molecule has 9 heteroatoms. The van der Waals surface area contributed by atoms with Crippen LogP contribution in [-0.2, 0) is 20.0 Å². The van der Waals surface area contributed by atoms with Crippen LogP contribution in [0.3, 0.4) is 0 Å². The first kappa shape index (κ1) is 24.7. The molecular formula is C26H28N2O4S2Se. The number of nitrogens with one attached hydrogen (secondary N) is 1. The summed E-state index contributed by atoms with van der Waals surface area (Å²) in [5.74, 6) is 0.0761. The van der Waals surface area contributed by atoms with E-state index in [0.29, 0.717) is 11.4 Å². The number of benzene rings is 3. The first-order valence-electron chi connectivity index (χ1n) is 11.5. The van der Waals surface area contributed by atoms with Gasteiger partial charge in [-0.1, -0.05) is 0 Å². The van der Waals surface area contributed by atoms with Gasteiger partial charge >= 0.3 is 215 Å². The van der Waals surface area contributed by atoms with Crippen LogP contribution in [0.4, 0.5) is 0 Å². The van der Waals surface area contributed by atoms with Crippen LogP contribution < -0.4 is 9.18 Å². The molecule has 6 nitrogen and oxygen atoms in total. The summed E-state index contributed by atoms with van der Waals surface area (Å²) in [6.07, 6.45) is 0. The molecule has 0 aromatic heterocycles. The first-order valence-corrected chi connectivity index (χ1v) is 16.3. The van der Waals surface area contributed by atoms with Gasteiger partial charge in [-0.2, -0.15) is 0 Å². The standard InChI is InChI=1S/C26H28N2O4S2Se/c1-18-8-12-20(13-9-18)33(29,30)27-16-23-24-17-28(34(31,32)21-14-10-19(2)11-15-21)25(23)26(24)35-22-6-4-3-5-7-22/h3-15,23-27H,16-17H2,1-2H3/t23-,24+,25-,26+/m1/s1. The number of nitrogens with zero attached hydrogens (tertiary/aromatic N) is 1. The van der Waals surface area contributed by atoms with Crippen LogP contribution in [0.5, 0.6) is 0 Å². The van der Waals surface area contributed by atoms with E-state index < -0.39 is 20.0 Å². The van der Waals surface area contributed by atoms with E-state index in [9.17, 15) is 16.8 Å². The Morgan fingerprint density at radius 3 is 2.00 bits per heavy atom. The number of rotatable bonds is 8. The van der Waals surface area contributed by atoms with Crippen LogP contribution in [0.25, 0.3) is 0 Å². The zero-order valence-corrected chi connectivity index (χ0v) is 22.9. The molecule has 1 aliphatic carbocycles. The van der Waals surface area contributed by atoms with Crippen molar-refractivity contribution >= 4 is 39.5 Å². The van der Waals surface area contributed by atoms with Crippen molar-refractivity contribution in [1.29, 1.82) is 0 Å². The third-order valence-corrected chi connectivity index (χ3v) is 13.3. The van der Waals surface area contributed by atoms with Crippen LogP contribution in [-0.4, -0.2) is 55.2 Å². The number of sulfonamides is 2. The summed E-state index contributed by atoms with van der Waals surface area (Å²) in [7, 11) is -7.33. The fourth-order valence-corrected chi connectivity index (χ4v) is 11.3. The predicted octanol–water partition coefficient (Wildman–Crippen LogP) is 2.72. The van der Waals surface area contributed by atoms with E-state index in [1.807, 2.05) is 44.2 Å². The monoisotopic (exact) mass is 576 g/mol. The van der Waals surface area contributed by atoms with E-state index in [1.54, 1.807) is 40.7 Å². The molecule has 3 aromatic carbocycles. The Bertz CT molecular complexity index is 1410. The fourth-order valence-electron chi connectivity index (χ4n) is 4.99. The Kier molecular flexibility index (Phi) is 6.67. The van der Waals surface area contributed by atoms with Crippen LogP contribution >= 0.6 is 0 Å². The van der Waals surface area contributed by atoms with E-state index in [2.05, 4.69) is 16.9 Å². The van der Waals surface area contributed by atoms with Gasteiger partial charge in [-0.05, 0) is 0 Å². The van der Waals surface area contributed by atoms with E-state index in [-0.39, 0.29) is 49.1 Å². The molecule has 2 aliphatic heterocycles. The van der Waals surface area contributed by atoms with E-state index in [0.717, 1.165) is 11.1 Å². The molecular weight excluding hydrogens is 547 g/mol. The Hall–Kier alpha value is -2.00. The third-order valence-electron chi connectivity index (χ3n) is 6.95. The van der Waals surface area contributed by atoms with Crippen LogP contribution in [0.1, 0.15) is 11.1 Å². The van der Waals surface area contributed by atoms with Crippen molar-refractivity contribution in [2.75, 3.05) is 13.1 Å². The van der Waals surface area contributed by atoms with Gasteiger partial charge in [-0.3, -0.25) is 0 Å². The van der Waals surface area contributed by atoms with Crippen LogP contribution in [0.2, 0.25) is 4.82 Å². The Labute approximate surface area is 214 Å². The second-order valence-corrected chi connectivity index (χ2v) is 15.5. The molecule has 2 bridgehead atoms. The summed E-state index contributed by atoms with van der Waals surface area (Å²) in [5.41, 5.74) is 1.99. The molecule has 3 aliphatic rings. The number of aryl methyl sites for hydroxylation is 2. The van der Waals surface area contributed by atoms with Crippen molar-refractivity contribution in [3.8, 4) is 0 Å². The number of hydrogen-bond acceptors (Lipinski definition) is 4. The molecule has 0 radical (unpaired) electrons. The van der Waals surface area contributed by atoms with Gasteiger partial charge in [0.2, 0.25) is 0 Å². The van der Waals surface area contributed by atoms with Crippen molar-refractivity contribution in [2.45, 2.75) is 34.5 Å². The van der Waals surface area contributed by atoms with E-state index in [1.165, 1.54) is 4.46 Å². The number of hydrogen-bond donors (Lipinski definition) is 1. The van der Waals surface area contributed by atoms with Gasteiger partial charge in [0.25, 0.3) is 0 Å². The molecule has 3 aromatic rings. The van der Waals surface area contributed by atoms with Crippen molar-refractivity contribution < 1.29 is 16.8 Å². The Morgan fingerprint density at radius 1 is 0.829 bits per heavy atom. The molecule has 0 spiro atoms. The van der Waals surface area contributed by atoms with E-state index >= 15 is 0 Å². The fraction of sp³-hybridized carbons (Fsp3) is 0.308. The van der Waals surface area contributed by atoms with E-state index in [4.69, 9.17) is 0 Å². The van der Waals surface area contributed by atoms with Gasteiger partial charge in [-0.15, -0.1) is 0 Å². The summed E-state index contributed by atoms with van der Waals surface area (Å²) in [6.45, 7) is 4.50. The van der Waals surface area contributed by atoms with Gasteiger partial charge in [0.1, 0.15) is 0 Å². The topological polar surface area (TPSA) is 83.6 Å². The number of fused-ring (bicyclic) bond motifs is 1. The average Bonchev–Trinajstić information content (AvgIpc) is 3.42. The SMILES string of the molecule is Cc1ccc(S(=O)(=O)NC[C@@H]2[C@@H]3CN(S(=O)(=O)c4ccc(C)cc4)[C@H]2[C@H]3[Se]c2ccccc2)cc1. The normalized spacial score (nSPS) is 24.3. The quantitative estimate of drug-likeness (QED) is 0.419. The second-order valence-electron chi connectivity index (χ2n) is 9.27. The molecule has 2 heterocycles. The van der Waals surface area contributed by atoms with Crippen molar-refractivity contribution in [2.24, 2.45) is 11.8 Å². The van der Waals surface area contributed by atoms with Gasteiger partial charge in [0, 0.05) is 0 Å². The molecule has 0 amide bonds. The summed E-state index contributed by atoms with van der Waals surface area (Å²) < 4.78 is 58.5. The van der Waals surface area contributed by atoms with Crippen molar-refractivity contribution in [1.82, 2.24) is 9.03 Å². The molecule has 6 rings (SSSR count). The molecule has 35 heavy (non-hydrogen) atoms. The zero-order chi connectivity index (χ0) is 24.8. The van der Waals surface area contributed by atoms with Crippen LogP contribution in [0.15, 0.2) is 88.7 Å². The molecule has 1 N–H and O–H groups in total. The summed E-state index contributed by atoms with van der Waals surface area (Å²) >= 11 is 0.0977. The Morgan fingerprint density at radius 2 is 1.40 bits per heavy atom. The molecule has 0 unspecified atom stereocenters. The molecule has 184 valence electrons. The van der Waals surface area contributed by atoms with Gasteiger partial charge < -0.3 is 0 Å². The van der Waals surface area contributed by atoms with Crippen molar-refractivity contribution in [3.05, 3.63) is 90.0 Å². The van der Waals surface area contributed by atoms with Gasteiger partial charge in [0.05, 0.1) is 0 Å². The van der Waals surface area contributed by atoms with Crippen molar-refractivity contribution in [3.63, 3.8) is 0 Å². The Balaban J connectivity index is 1.38. The molecule has 2 saturated heterocycles. The second kappa shape index (κ2) is 9.46. The van der Waals surface area contributed by atoms with Gasteiger partial charge in [0.15, 0.2) is 0 Å². The summed E-state index contributed by atoms with van der Waals surface area (Å²) in [5, 5.41) is 0. The third kappa shape index (κ3) is 4.73. The van der Waals surface area contributed by atoms with Crippen LogP contribution in [0, 0.1) is 25.7 Å². The minimum atomic E-state index is -3.67. The summed E-state index contributed by atoms with van der Waals surface area (Å²) in [6, 6.07) is 23.6. The molecule has 3 fully saturated rings. The molecule has 4 atom stereocenters. The van der Waals surface area contributed by atoms with Gasteiger partial charge in [-0.25, -0.2) is 0 Å². The average molecular weight is 576 g/mol.